The molecule has 0 bridgehead atoms. The molecule has 1 heterocycles. The van der Waals surface area contributed by atoms with E-state index in [1.165, 1.54) is 11.3 Å². The van der Waals surface area contributed by atoms with Crippen molar-refractivity contribution in [1.82, 2.24) is 5.32 Å². The monoisotopic (exact) mass is 333 g/mol. The van der Waals surface area contributed by atoms with Crippen molar-refractivity contribution in [1.29, 1.82) is 0 Å². The quantitative estimate of drug-likeness (QED) is 0.596. The lowest BCUT2D eigenvalue weighted by Gasteiger charge is -2.06. The smallest absolute Gasteiger partial charge is 0.310 e. The molecule has 0 unspecified atom stereocenters. The van der Waals surface area contributed by atoms with Crippen LogP contribution in [-0.4, -0.2) is 32.1 Å². The van der Waals surface area contributed by atoms with Crippen molar-refractivity contribution in [3.63, 3.8) is 0 Å². The Bertz CT molecular complexity index is 623. The van der Waals surface area contributed by atoms with Gasteiger partial charge in [0.2, 0.25) is 0 Å². The minimum absolute atomic E-state index is 0.0930. The molecular formula is C17H19NO4S. The molecule has 5 nitrogen and oxygen atoms in total. The molecule has 0 aliphatic rings. The van der Waals surface area contributed by atoms with Crippen LogP contribution in [0.3, 0.4) is 0 Å². The van der Waals surface area contributed by atoms with Crippen LogP contribution in [0.1, 0.15) is 21.7 Å². The zero-order chi connectivity index (χ0) is 16.5. The van der Waals surface area contributed by atoms with Crippen molar-refractivity contribution in [3.8, 4) is 5.75 Å². The van der Waals surface area contributed by atoms with Crippen molar-refractivity contribution >= 4 is 23.2 Å². The third kappa shape index (κ3) is 5.75. The average molecular weight is 333 g/mol. The molecule has 0 fully saturated rings. The van der Waals surface area contributed by atoms with Crippen molar-refractivity contribution in [2.75, 3.05) is 20.3 Å². The van der Waals surface area contributed by atoms with Gasteiger partial charge in [0.1, 0.15) is 5.75 Å². The summed E-state index contributed by atoms with van der Waals surface area (Å²) in [6, 6.07) is 10.9. The number of carbonyl (C=O) groups is 2. The predicted octanol–water partition coefficient (Wildman–Crippen LogP) is 2.66. The number of nitrogens with one attached hydrogen (secondary N) is 1. The van der Waals surface area contributed by atoms with Crippen molar-refractivity contribution < 1.29 is 19.1 Å². The maximum atomic E-state index is 11.7. The van der Waals surface area contributed by atoms with Crippen LogP contribution in [0.2, 0.25) is 0 Å². The topological polar surface area (TPSA) is 64.6 Å². The summed E-state index contributed by atoms with van der Waals surface area (Å²) in [5, 5.41) is 4.64. The lowest BCUT2D eigenvalue weighted by Crippen LogP contribution is -2.24. The van der Waals surface area contributed by atoms with E-state index in [1.807, 2.05) is 35.7 Å². The Morgan fingerprint density at radius 3 is 2.61 bits per heavy atom. The third-order valence-electron chi connectivity index (χ3n) is 3.12. The second-order valence-corrected chi connectivity index (χ2v) is 5.78. The first-order valence-corrected chi connectivity index (χ1v) is 8.17. The maximum Gasteiger partial charge on any atom is 0.310 e. The van der Waals surface area contributed by atoms with Crippen molar-refractivity contribution in [3.05, 3.63) is 52.2 Å². The van der Waals surface area contributed by atoms with Crippen LogP contribution in [0.5, 0.6) is 5.75 Å². The Morgan fingerprint density at radius 2 is 1.96 bits per heavy atom. The van der Waals surface area contributed by atoms with Gasteiger partial charge in [0.15, 0.2) is 0 Å². The average Bonchev–Trinajstić information content (AvgIpc) is 3.09. The third-order valence-corrected chi connectivity index (χ3v) is 3.99. The van der Waals surface area contributed by atoms with Gasteiger partial charge < -0.3 is 14.8 Å². The number of ether oxygens (including phenoxy) is 2. The van der Waals surface area contributed by atoms with Gasteiger partial charge in [-0.2, -0.15) is 0 Å². The number of esters is 1. The SMILES string of the molecule is COc1ccc(CC(=O)OCCCNC(=O)c2cccs2)cc1. The molecule has 1 aromatic heterocycles. The zero-order valence-electron chi connectivity index (χ0n) is 12.9. The highest BCUT2D eigenvalue weighted by molar-refractivity contribution is 7.12. The van der Waals surface area contributed by atoms with E-state index in [9.17, 15) is 9.59 Å². The molecule has 23 heavy (non-hydrogen) atoms. The van der Waals surface area contributed by atoms with E-state index in [0.29, 0.717) is 24.4 Å². The summed E-state index contributed by atoms with van der Waals surface area (Å²) in [5.41, 5.74) is 0.877. The Labute approximate surface area is 139 Å². The largest absolute Gasteiger partial charge is 0.497 e. The number of rotatable bonds is 8. The van der Waals surface area contributed by atoms with Gasteiger partial charge in [-0.15, -0.1) is 11.3 Å². The van der Waals surface area contributed by atoms with Crippen LogP contribution >= 0.6 is 11.3 Å². The zero-order valence-corrected chi connectivity index (χ0v) is 13.7. The van der Waals surface area contributed by atoms with Crippen molar-refractivity contribution in [2.24, 2.45) is 0 Å². The lowest BCUT2D eigenvalue weighted by atomic mass is 10.1. The normalized spacial score (nSPS) is 10.1. The molecule has 1 aromatic carbocycles. The van der Waals surface area contributed by atoms with E-state index < -0.39 is 0 Å². The highest BCUT2D eigenvalue weighted by atomic mass is 32.1. The number of hydrogen-bond acceptors (Lipinski definition) is 5. The summed E-state index contributed by atoms with van der Waals surface area (Å²) in [4.78, 5) is 24.1. The first-order chi connectivity index (χ1) is 11.2. The molecular weight excluding hydrogens is 314 g/mol. The van der Waals surface area contributed by atoms with Crippen LogP contribution in [0.4, 0.5) is 0 Å². The molecule has 1 amide bonds. The molecule has 1 N–H and O–H groups in total. The van der Waals surface area contributed by atoms with Crippen LogP contribution < -0.4 is 10.1 Å². The summed E-state index contributed by atoms with van der Waals surface area (Å²) < 4.78 is 10.2. The molecule has 2 aromatic rings. The first-order valence-electron chi connectivity index (χ1n) is 7.29. The number of benzene rings is 1. The van der Waals surface area contributed by atoms with Crippen LogP contribution in [0, 0.1) is 0 Å². The van der Waals surface area contributed by atoms with Gasteiger partial charge in [0.05, 0.1) is 25.0 Å². The van der Waals surface area contributed by atoms with Gasteiger partial charge >= 0.3 is 5.97 Å². The molecule has 0 radical (unpaired) electrons. The Hall–Kier alpha value is -2.34. The van der Waals surface area contributed by atoms with Crippen LogP contribution in [0.15, 0.2) is 41.8 Å². The number of methoxy groups -OCH3 is 1. The molecule has 0 aliphatic heterocycles. The van der Waals surface area contributed by atoms with E-state index in [1.54, 1.807) is 13.2 Å². The maximum absolute atomic E-state index is 11.7. The fraction of sp³-hybridized carbons (Fsp3) is 0.294. The van der Waals surface area contributed by atoms with Crippen LogP contribution in [-0.2, 0) is 16.0 Å². The number of carbonyl (C=O) groups excluding carboxylic acids is 2. The summed E-state index contributed by atoms with van der Waals surface area (Å²) >= 11 is 1.40. The highest BCUT2D eigenvalue weighted by Gasteiger charge is 2.07. The van der Waals surface area contributed by atoms with E-state index in [0.717, 1.165) is 11.3 Å². The van der Waals surface area contributed by atoms with Gasteiger partial charge in [-0.3, -0.25) is 9.59 Å². The summed E-state index contributed by atoms with van der Waals surface area (Å²) in [5.74, 6) is 0.382. The second kappa shape index (κ2) is 8.95. The standard InChI is InChI=1S/C17H19NO4S/c1-21-14-7-5-13(6-8-14)12-16(19)22-10-3-9-18-17(20)15-4-2-11-23-15/h2,4-8,11H,3,9-10,12H2,1H3,(H,18,20). The molecule has 0 spiro atoms. The fourth-order valence-electron chi connectivity index (χ4n) is 1.92. The molecule has 2 rings (SSSR count). The first kappa shape index (κ1) is 17.0. The molecule has 0 saturated heterocycles. The molecule has 0 atom stereocenters. The van der Waals surface area contributed by atoms with Crippen molar-refractivity contribution in [2.45, 2.75) is 12.8 Å². The minimum Gasteiger partial charge on any atom is -0.497 e. The molecule has 0 aliphatic carbocycles. The van der Waals surface area contributed by atoms with Gasteiger partial charge in [-0.05, 0) is 35.6 Å². The molecule has 6 heteroatoms. The van der Waals surface area contributed by atoms with Gasteiger partial charge in [0.25, 0.3) is 5.91 Å². The van der Waals surface area contributed by atoms with E-state index in [4.69, 9.17) is 9.47 Å². The summed E-state index contributed by atoms with van der Waals surface area (Å²) in [7, 11) is 1.60. The molecule has 122 valence electrons. The summed E-state index contributed by atoms with van der Waals surface area (Å²) in [6.45, 7) is 0.770. The number of amides is 1. The van der Waals surface area contributed by atoms with E-state index in [-0.39, 0.29) is 18.3 Å². The van der Waals surface area contributed by atoms with Gasteiger partial charge in [0, 0.05) is 6.54 Å². The number of hydrogen-bond donors (Lipinski definition) is 1. The van der Waals surface area contributed by atoms with Gasteiger partial charge in [-0.25, -0.2) is 0 Å². The Kier molecular flexibility index (Phi) is 6.62. The fourth-order valence-corrected chi connectivity index (χ4v) is 2.56. The minimum atomic E-state index is -0.278. The van der Waals surface area contributed by atoms with E-state index >= 15 is 0 Å². The Morgan fingerprint density at radius 1 is 1.17 bits per heavy atom. The number of thiophene rings is 1. The van der Waals surface area contributed by atoms with Crippen LogP contribution in [0.25, 0.3) is 0 Å². The highest BCUT2D eigenvalue weighted by Crippen LogP contribution is 2.12. The van der Waals surface area contributed by atoms with E-state index in [2.05, 4.69) is 5.32 Å². The van der Waals surface area contributed by atoms with Gasteiger partial charge in [-0.1, -0.05) is 18.2 Å². The predicted molar refractivity (Wildman–Crippen MR) is 88.9 cm³/mol. The second-order valence-electron chi connectivity index (χ2n) is 4.83. The lowest BCUT2D eigenvalue weighted by molar-refractivity contribution is -0.142. The Balaban J connectivity index is 1.60. The molecule has 0 saturated carbocycles. The summed E-state index contributed by atoms with van der Waals surface area (Å²) in [6.07, 6.45) is 0.816.